The number of rotatable bonds is 2. The van der Waals surface area contributed by atoms with Gasteiger partial charge in [-0.15, -0.1) is 0 Å². The van der Waals surface area contributed by atoms with Gasteiger partial charge in [-0.05, 0) is 43.5 Å². The van der Waals surface area contributed by atoms with Gasteiger partial charge in [0.25, 0.3) is 0 Å². The zero-order chi connectivity index (χ0) is 17.2. The fourth-order valence-electron chi connectivity index (χ4n) is 3.27. The van der Waals surface area contributed by atoms with Crippen molar-refractivity contribution in [3.63, 3.8) is 0 Å². The van der Waals surface area contributed by atoms with Crippen LogP contribution >= 0.6 is 15.9 Å². The van der Waals surface area contributed by atoms with Gasteiger partial charge < -0.3 is 5.32 Å². The molecule has 0 amide bonds. The number of hydrogen-bond donors (Lipinski definition) is 1. The number of aromatic nitrogens is 2. The average molecular weight is 393 g/mol. The highest BCUT2D eigenvalue weighted by Crippen LogP contribution is 2.34. The summed E-state index contributed by atoms with van der Waals surface area (Å²) >= 11 is 3.49. The summed E-state index contributed by atoms with van der Waals surface area (Å²) in [5.41, 5.74) is 4.76. The number of anilines is 1. The molecule has 0 saturated carbocycles. The van der Waals surface area contributed by atoms with E-state index in [4.69, 9.17) is 5.10 Å². The first kappa shape index (κ1) is 15.9. The van der Waals surface area contributed by atoms with Crippen LogP contribution in [0.3, 0.4) is 0 Å². The molecule has 4 nitrogen and oxygen atoms in total. The van der Waals surface area contributed by atoms with Crippen LogP contribution in [0.4, 0.5) is 5.82 Å². The molecular formula is C20H17BrN4. The SMILES string of the molecule is N#Cc1ccccc1-n1nc(-c2ccc(Br)cc2)c2c1NCCCC2. The molecule has 0 unspecified atom stereocenters. The molecule has 0 saturated heterocycles. The molecule has 1 aromatic heterocycles. The van der Waals surface area contributed by atoms with E-state index in [2.05, 4.69) is 39.4 Å². The molecule has 0 bridgehead atoms. The van der Waals surface area contributed by atoms with Crippen molar-refractivity contribution in [3.05, 3.63) is 64.1 Å². The molecule has 4 rings (SSSR count). The van der Waals surface area contributed by atoms with Crippen molar-refractivity contribution >= 4 is 21.7 Å². The number of halogens is 1. The van der Waals surface area contributed by atoms with E-state index in [-0.39, 0.29) is 0 Å². The Hall–Kier alpha value is -2.58. The van der Waals surface area contributed by atoms with Crippen molar-refractivity contribution in [2.45, 2.75) is 19.3 Å². The minimum atomic E-state index is 0.626. The molecule has 3 aromatic rings. The van der Waals surface area contributed by atoms with Gasteiger partial charge in [0.1, 0.15) is 11.9 Å². The largest absolute Gasteiger partial charge is 0.370 e. The highest BCUT2D eigenvalue weighted by molar-refractivity contribution is 9.10. The van der Waals surface area contributed by atoms with Gasteiger partial charge in [0.05, 0.1) is 16.9 Å². The molecular weight excluding hydrogens is 376 g/mol. The second kappa shape index (κ2) is 6.73. The lowest BCUT2D eigenvalue weighted by atomic mass is 10.0. The molecule has 0 spiro atoms. The fourth-order valence-corrected chi connectivity index (χ4v) is 3.53. The summed E-state index contributed by atoms with van der Waals surface area (Å²) in [6, 6.07) is 18.1. The highest BCUT2D eigenvalue weighted by atomic mass is 79.9. The first-order valence-electron chi connectivity index (χ1n) is 8.39. The van der Waals surface area contributed by atoms with Crippen LogP contribution in [-0.2, 0) is 6.42 Å². The van der Waals surface area contributed by atoms with E-state index in [1.54, 1.807) is 0 Å². The van der Waals surface area contributed by atoms with Crippen molar-refractivity contribution in [2.24, 2.45) is 0 Å². The molecule has 0 radical (unpaired) electrons. The summed E-state index contributed by atoms with van der Waals surface area (Å²) in [6.07, 6.45) is 3.26. The average Bonchev–Trinajstić information content (AvgIpc) is 2.83. The van der Waals surface area contributed by atoms with Gasteiger partial charge in [-0.25, -0.2) is 4.68 Å². The molecule has 124 valence electrons. The molecule has 0 atom stereocenters. The molecule has 2 heterocycles. The molecule has 0 aliphatic carbocycles. The predicted octanol–water partition coefficient (Wildman–Crippen LogP) is 4.92. The Balaban J connectivity index is 1.94. The Morgan fingerprint density at radius 3 is 2.68 bits per heavy atom. The van der Waals surface area contributed by atoms with Crippen LogP contribution in [-0.4, -0.2) is 16.3 Å². The Bertz CT molecular complexity index is 951. The maximum absolute atomic E-state index is 9.48. The normalized spacial score (nSPS) is 13.4. The van der Waals surface area contributed by atoms with Gasteiger partial charge in [-0.1, -0.05) is 40.2 Å². The number of benzene rings is 2. The van der Waals surface area contributed by atoms with E-state index in [1.165, 1.54) is 5.56 Å². The van der Waals surface area contributed by atoms with E-state index < -0.39 is 0 Å². The molecule has 1 aliphatic rings. The summed E-state index contributed by atoms with van der Waals surface area (Å²) in [4.78, 5) is 0. The number of nitrogens with zero attached hydrogens (tertiary/aromatic N) is 3. The van der Waals surface area contributed by atoms with Crippen LogP contribution < -0.4 is 5.32 Å². The lowest BCUT2D eigenvalue weighted by Crippen LogP contribution is -2.08. The van der Waals surface area contributed by atoms with Gasteiger partial charge in [0.15, 0.2) is 0 Å². The number of para-hydroxylation sites is 1. The van der Waals surface area contributed by atoms with Crippen LogP contribution in [0.2, 0.25) is 0 Å². The zero-order valence-corrected chi connectivity index (χ0v) is 15.3. The Kier molecular flexibility index (Phi) is 4.29. The molecule has 25 heavy (non-hydrogen) atoms. The minimum absolute atomic E-state index is 0.626. The summed E-state index contributed by atoms with van der Waals surface area (Å²) in [5, 5.41) is 17.9. The van der Waals surface area contributed by atoms with Crippen LogP contribution in [0.5, 0.6) is 0 Å². The van der Waals surface area contributed by atoms with Crippen LogP contribution in [0.25, 0.3) is 16.9 Å². The first-order valence-corrected chi connectivity index (χ1v) is 9.18. The van der Waals surface area contributed by atoms with E-state index in [1.807, 2.05) is 41.1 Å². The topological polar surface area (TPSA) is 53.6 Å². The van der Waals surface area contributed by atoms with Gasteiger partial charge >= 0.3 is 0 Å². The summed E-state index contributed by atoms with van der Waals surface area (Å²) in [5.74, 6) is 1.01. The summed E-state index contributed by atoms with van der Waals surface area (Å²) in [6.45, 7) is 0.924. The third kappa shape index (κ3) is 2.94. The maximum Gasteiger partial charge on any atom is 0.133 e. The van der Waals surface area contributed by atoms with Crippen molar-refractivity contribution in [2.75, 3.05) is 11.9 Å². The minimum Gasteiger partial charge on any atom is -0.370 e. The maximum atomic E-state index is 9.48. The molecule has 2 aromatic carbocycles. The number of hydrogen-bond acceptors (Lipinski definition) is 3. The van der Waals surface area contributed by atoms with E-state index in [0.29, 0.717) is 5.56 Å². The molecule has 1 aliphatic heterocycles. The summed E-state index contributed by atoms with van der Waals surface area (Å²) in [7, 11) is 0. The van der Waals surface area contributed by atoms with E-state index in [0.717, 1.165) is 53.0 Å². The van der Waals surface area contributed by atoms with E-state index >= 15 is 0 Å². The molecule has 1 N–H and O–H groups in total. The first-order chi connectivity index (χ1) is 12.3. The number of nitrogens with one attached hydrogen (secondary N) is 1. The molecule has 0 fully saturated rings. The lowest BCUT2D eigenvalue weighted by Gasteiger charge is -2.10. The standard InChI is InChI=1S/C20H17BrN4/c21-16-10-8-14(9-11-16)19-17-6-3-4-12-23-20(17)25(24-19)18-7-2-1-5-15(18)13-22/h1-2,5,7-11,23H,3-4,6,12H2. The van der Waals surface area contributed by atoms with Crippen molar-refractivity contribution < 1.29 is 0 Å². The smallest absolute Gasteiger partial charge is 0.133 e. The molecule has 5 heteroatoms. The second-order valence-corrected chi connectivity index (χ2v) is 7.02. The van der Waals surface area contributed by atoms with Crippen molar-refractivity contribution in [1.29, 1.82) is 5.26 Å². The highest BCUT2D eigenvalue weighted by Gasteiger charge is 2.22. The zero-order valence-electron chi connectivity index (χ0n) is 13.7. The van der Waals surface area contributed by atoms with Crippen molar-refractivity contribution in [3.8, 4) is 23.0 Å². The summed E-state index contributed by atoms with van der Waals surface area (Å²) < 4.78 is 2.95. The Labute approximate surface area is 155 Å². The number of fused-ring (bicyclic) bond motifs is 1. The van der Waals surface area contributed by atoms with E-state index in [9.17, 15) is 5.26 Å². The quantitative estimate of drug-likeness (QED) is 0.672. The third-order valence-electron chi connectivity index (χ3n) is 4.50. The van der Waals surface area contributed by atoms with Gasteiger partial charge in [-0.2, -0.15) is 10.4 Å². The van der Waals surface area contributed by atoms with Crippen molar-refractivity contribution in [1.82, 2.24) is 9.78 Å². The van der Waals surface area contributed by atoms with Crippen LogP contribution in [0.15, 0.2) is 53.0 Å². The fraction of sp³-hybridized carbons (Fsp3) is 0.200. The van der Waals surface area contributed by atoms with Gasteiger partial charge in [-0.3, -0.25) is 0 Å². The van der Waals surface area contributed by atoms with Gasteiger partial charge in [0.2, 0.25) is 0 Å². The Morgan fingerprint density at radius 2 is 1.88 bits per heavy atom. The van der Waals surface area contributed by atoms with Crippen LogP contribution in [0.1, 0.15) is 24.0 Å². The van der Waals surface area contributed by atoms with Gasteiger partial charge in [0, 0.05) is 22.1 Å². The Morgan fingerprint density at radius 1 is 1.08 bits per heavy atom. The monoisotopic (exact) mass is 392 g/mol. The number of nitriles is 1. The third-order valence-corrected chi connectivity index (χ3v) is 5.03. The predicted molar refractivity (Wildman–Crippen MR) is 103 cm³/mol. The second-order valence-electron chi connectivity index (χ2n) is 6.11. The van der Waals surface area contributed by atoms with Crippen LogP contribution in [0, 0.1) is 11.3 Å². The lowest BCUT2D eigenvalue weighted by molar-refractivity contribution is 0.780.